The first kappa shape index (κ1) is 18.3. The van der Waals surface area contributed by atoms with Crippen LogP contribution in [-0.4, -0.2) is 47.3 Å². The number of piperidine rings is 2. The van der Waals surface area contributed by atoms with E-state index in [0.29, 0.717) is 18.9 Å². The molecule has 4 nitrogen and oxygen atoms in total. The summed E-state index contributed by atoms with van der Waals surface area (Å²) in [5.74, 6) is 2.76. The summed E-state index contributed by atoms with van der Waals surface area (Å²) in [5, 5.41) is 0. The van der Waals surface area contributed by atoms with Gasteiger partial charge in [0, 0.05) is 38.5 Å². The third-order valence-electron chi connectivity index (χ3n) is 7.76. The summed E-state index contributed by atoms with van der Waals surface area (Å²) in [7, 11) is 0. The lowest BCUT2D eigenvalue weighted by atomic mass is 9.75. The zero-order valence-electron chi connectivity index (χ0n) is 16.3. The van der Waals surface area contributed by atoms with E-state index in [9.17, 15) is 9.59 Å². The number of likely N-dealkylation sites (tertiary alicyclic amines) is 2. The third kappa shape index (κ3) is 3.94. The minimum absolute atomic E-state index is 0.222. The first-order valence-electron chi connectivity index (χ1n) is 11.3. The predicted octanol–water partition coefficient (Wildman–Crippen LogP) is 3.99. The highest BCUT2D eigenvalue weighted by molar-refractivity contribution is 5.84. The summed E-state index contributed by atoms with van der Waals surface area (Å²) in [6.07, 6.45) is 14.9. The van der Waals surface area contributed by atoms with Crippen molar-refractivity contribution in [1.82, 2.24) is 9.80 Å². The summed E-state index contributed by atoms with van der Waals surface area (Å²) < 4.78 is 0. The van der Waals surface area contributed by atoms with Gasteiger partial charge in [-0.25, -0.2) is 0 Å². The second-order valence-electron chi connectivity index (χ2n) is 9.27. The molecule has 0 aromatic rings. The Morgan fingerprint density at radius 3 is 2.15 bits per heavy atom. The Balaban J connectivity index is 1.26. The van der Waals surface area contributed by atoms with Crippen LogP contribution in [0.3, 0.4) is 0 Å². The van der Waals surface area contributed by atoms with Gasteiger partial charge in [-0.05, 0) is 56.3 Å². The second-order valence-corrected chi connectivity index (χ2v) is 9.27. The quantitative estimate of drug-likeness (QED) is 0.763. The van der Waals surface area contributed by atoms with Crippen LogP contribution in [0, 0.1) is 17.8 Å². The molecule has 0 bridgehead atoms. The van der Waals surface area contributed by atoms with Crippen molar-refractivity contribution in [3.05, 3.63) is 0 Å². The van der Waals surface area contributed by atoms with Crippen LogP contribution >= 0.6 is 0 Å². The fourth-order valence-corrected chi connectivity index (χ4v) is 6.28. The number of carbonyl (C=O) groups excluding carboxylic acids is 2. The molecule has 4 fully saturated rings. The first-order chi connectivity index (χ1) is 12.7. The molecule has 4 heteroatoms. The Kier molecular flexibility index (Phi) is 5.85. The molecule has 26 heavy (non-hydrogen) atoms. The molecule has 146 valence electrons. The monoisotopic (exact) mass is 360 g/mol. The lowest BCUT2D eigenvalue weighted by molar-refractivity contribution is -0.142. The van der Waals surface area contributed by atoms with Crippen molar-refractivity contribution in [2.75, 3.05) is 19.6 Å². The van der Waals surface area contributed by atoms with Crippen molar-refractivity contribution in [1.29, 1.82) is 0 Å². The number of fused-ring (bicyclic) bond motifs is 2. The summed E-state index contributed by atoms with van der Waals surface area (Å²) in [6.45, 7) is 2.79. The molecule has 2 saturated carbocycles. The van der Waals surface area contributed by atoms with E-state index in [-0.39, 0.29) is 11.8 Å². The number of amides is 2. The minimum atomic E-state index is 0.222. The van der Waals surface area contributed by atoms with E-state index < -0.39 is 0 Å². The standard InChI is InChI=1S/C22H36N2O2/c25-21(23-15-13-17-6-1-2-8-19(17)16-23)11-12-22(26)24-14-5-9-18-7-3-4-10-20(18)24/h17-20H,1-16H2. The average molecular weight is 361 g/mol. The molecule has 0 aromatic carbocycles. The van der Waals surface area contributed by atoms with Gasteiger partial charge < -0.3 is 9.80 Å². The van der Waals surface area contributed by atoms with Gasteiger partial charge in [0.2, 0.25) is 11.8 Å². The van der Waals surface area contributed by atoms with E-state index in [1.807, 2.05) is 0 Å². The van der Waals surface area contributed by atoms with E-state index in [0.717, 1.165) is 43.8 Å². The molecule has 0 spiro atoms. The zero-order chi connectivity index (χ0) is 17.9. The van der Waals surface area contributed by atoms with E-state index >= 15 is 0 Å². The fraction of sp³-hybridized carbons (Fsp3) is 0.909. The van der Waals surface area contributed by atoms with E-state index in [1.165, 1.54) is 64.2 Å². The molecule has 2 aliphatic heterocycles. The van der Waals surface area contributed by atoms with Gasteiger partial charge in [-0.3, -0.25) is 9.59 Å². The molecule has 2 aliphatic carbocycles. The van der Waals surface area contributed by atoms with Crippen LogP contribution in [-0.2, 0) is 9.59 Å². The van der Waals surface area contributed by atoms with Gasteiger partial charge >= 0.3 is 0 Å². The molecule has 0 N–H and O–H groups in total. The van der Waals surface area contributed by atoms with E-state index in [2.05, 4.69) is 9.80 Å². The summed E-state index contributed by atoms with van der Waals surface area (Å²) in [4.78, 5) is 29.7. The molecule has 4 rings (SSSR count). The van der Waals surface area contributed by atoms with Gasteiger partial charge in [-0.1, -0.05) is 32.1 Å². The first-order valence-corrected chi connectivity index (χ1v) is 11.3. The van der Waals surface area contributed by atoms with Gasteiger partial charge in [-0.15, -0.1) is 0 Å². The van der Waals surface area contributed by atoms with Gasteiger partial charge in [0.15, 0.2) is 0 Å². The van der Waals surface area contributed by atoms with Crippen molar-refractivity contribution in [3.8, 4) is 0 Å². The van der Waals surface area contributed by atoms with Gasteiger partial charge in [0.05, 0.1) is 0 Å². The maximum absolute atomic E-state index is 12.8. The number of nitrogens with zero attached hydrogens (tertiary/aromatic N) is 2. The molecule has 4 aliphatic rings. The molecule has 0 radical (unpaired) electrons. The van der Waals surface area contributed by atoms with Crippen LogP contribution in [0.4, 0.5) is 0 Å². The summed E-state index contributed by atoms with van der Waals surface area (Å²) in [5.41, 5.74) is 0. The zero-order valence-corrected chi connectivity index (χ0v) is 16.3. The minimum Gasteiger partial charge on any atom is -0.342 e. The number of rotatable bonds is 3. The highest BCUT2D eigenvalue weighted by Gasteiger charge is 2.36. The Hall–Kier alpha value is -1.06. The van der Waals surface area contributed by atoms with Crippen LogP contribution in [0.5, 0.6) is 0 Å². The largest absolute Gasteiger partial charge is 0.342 e. The van der Waals surface area contributed by atoms with Crippen LogP contribution in [0.15, 0.2) is 0 Å². The average Bonchev–Trinajstić information content (AvgIpc) is 2.71. The highest BCUT2D eigenvalue weighted by atomic mass is 16.2. The van der Waals surface area contributed by atoms with Crippen LogP contribution in [0.2, 0.25) is 0 Å². The van der Waals surface area contributed by atoms with Crippen LogP contribution in [0.25, 0.3) is 0 Å². The molecular formula is C22H36N2O2. The van der Waals surface area contributed by atoms with Crippen molar-refractivity contribution < 1.29 is 9.59 Å². The van der Waals surface area contributed by atoms with Crippen molar-refractivity contribution in [3.63, 3.8) is 0 Å². The summed E-state index contributed by atoms with van der Waals surface area (Å²) >= 11 is 0. The highest BCUT2D eigenvalue weighted by Crippen LogP contribution is 2.37. The van der Waals surface area contributed by atoms with Crippen molar-refractivity contribution >= 4 is 11.8 Å². The Morgan fingerprint density at radius 2 is 1.31 bits per heavy atom. The Labute approximate surface area is 158 Å². The van der Waals surface area contributed by atoms with Gasteiger partial charge in [0.25, 0.3) is 0 Å². The van der Waals surface area contributed by atoms with Crippen LogP contribution < -0.4 is 0 Å². The summed E-state index contributed by atoms with van der Waals surface area (Å²) in [6, 6.07) is 0.470. The maximum atomic E-state index is 12.8. The molecular weight excluding hydrogens is 324 g/mol. The van der Waals surface area contributed by atoms with E-state index in [1.54, 1.807) is 0 Å². The maximum Gasteiger partial charge on any atom is 0.223 e. The van der Waals surface area contributed by atoms with Gasteiger partial charge in [0.1, 0.15) is 0 Å². The number of carbonyl (C=O) groups is 2. The second kappa shape index (κ2) is 8.31. The molecule has 0 aromatic heterocycles. The smallest absolute Gasteiger partial charge is 0.223 e. The van der Waals surface area contributed by atoms with Crippen molar-refractivity contribution in [2.24, 2.45) is 17.8 Å². The number of hydrogen-bond donors (Lipinski definition) is 0. The Morgan fingerprint density at radius 1 is 0.654 bits per heavy atom. The lowest BCUT2D eigenvalue weighted by Gasteiger charge is -2.44. The predicted molar refractivity (Wildman–Crippen MR) is 103 cm³/mol. The molecule has 2 amide bonds. The third-order valence-corrected chi connectivity index (χ3v) is 7.76. The Bertz CT molecular complexity index is 518. The normalized spacial score (nSPS) is 34.8. The topological polar surface area (TPSA) is 40.6 Å². The molecule has 2 saturated heterocycles. The number of hydrogen-bond acceptors (Lipinski definition) is 2. The van der Waals surface area contributed by atoms with E-state index in [4.69, 9.17) is 0 Å². The SMILES string of the molecule is O=C(CCC(=O)N1CCCC2CCCCC21)N1CCC2CCCCC2C1. The van der Waals surface area contributed by atoms with Crippen LogP contribution in [0.1, 0.15) is 83.5 Å². The molecule has 4 unspecified atom stereocenters. The van der Waals surface area contributed by atoms with Crippen molar-refractivity contribution in [2.45, 2.75) is 89.5 Å². The molecule has 2 heterocycles. The lowest BCUT2D eigenvalue weighted by Crippen LogP contribution is -2.50. The molecule has 4 atom stereocenters. The fourth-order valence-electron chi connectivity index (χ4n) is 6.28. The van der Waals surface area contributed by atoms with Gasteiger partial charge in [-0.2, -0.15) is 0 Å².